The molecular weight excluding hydrogens is 463 g/mol. The molecule has 2 heterocycles. The second-order valence-electron chi connectivity index (χ2n) is 8.62. The molecule has 5 rings (SSSR count). The number of hydrogen-bond acceptors (Lipinski definition) is 6. The van der Waals surface area contributed by atoms with E-state index in [1.54, 1.807) is 23.5 Å². The molecule has 180 valence electrons. The number of carbonyl (C=O) groups is 3. The zero-order valence-electron chi connectivity index (χ0n) is 18.3. The molecule has 2 aromatic carbocycles. The topological polar surface area (TPSA) is 104 Å². The number of benzene rings is 2. The van der Waals surface area contributed by atoms with Crippen molar-refractivity contribution in [3.63, 3.8) is 0 Å². The lowest BCUT2D eigenvalue weighted by Gasteiger charge is -2.17. The molecule has 1 saturated heterocycles. The number of hydrogen-bond donors (Lipinski definition) is 2. The molecule has 3 aromatic rings. The van der Waals surface area contributed by atoms with Crippen molar-refractivity contribution >= 4 is 34.4 Å². The van der Waals surface area contributed by atoms with Gasteiger partial charge in [-0.1, -0.05) is 24.3 Å². The summed E-state index contributed by atoms with van der Waals surface area (Å²) in [6, 6.07) is 11.8. The van der Waals surface area contributed by atoms with Gasteiger partial charge in [-0.25, -0.2) is 9.97 Å². The molecule has 2 aliphatic rings. The summed E-state index contributed by atoms with van der Waals surface area (Å²) in [6.45, 7) is -0.116. The number of fused-ring (bicyclic) bond motifs is 1. The number of nitrogens with zero attached hydrogens (tertiary/aromatic N) is 3. The fourth-order valence-corrected chi connectivity index (χ4v) is 4.01. The van der Waals surface area contributed by atoms with Crippen molar-refractivity contribution in [2.75, 3.05) is 5.32 Å². The predicted molar refractivity (Wildman–Crippen MR) is 120 cm³/mol. The van der Waals surface area contributed by atoms with Gasteiger partial charge in [-0.05, 0) is 47.7 Å². The van der Waals surface area contributed by atoms with Crippen LogP contribution in [0.1, 0.15) is 24.8 Å². The summed E-state index contributed by atoms with van der Waals surface area (Å²) in [5.41, 5.74) is 3.12. The van der Waals surface area contributed by atoms with Gasteiger partial charge in [0.25, 0.3) is 5.91 Å². The van der Waals surface area contributed by atoms with Gasteiger partial charge in [0, 0.05) is 11.4 Å². The third-order valence-electron chi connectivity index (χ3n) is 5.96. The van der Waals surface area contributed by atoms with Gasteiger partial charge in [0.2, 0.25) is 5.91 Å². The molecule has 1 unspecified atom stereocenters. The SMILES string of the molecule is O=C1CC(NC(=O)C(F)(F)F)C(=O)N1Cc1cccc(-c2ccc3ncnc(NC4CC4)c3c2)c1. The molecule has 8 nitrogen and oxygen atoms in total. The zero-order chi connectivity index (χ0) is 24.7. The Morgan fingerprint density at radius 1 is 1.06 bits per heavy atom. The fourth-order valence-electron chi connectivity index (χ4n) is 4.01. The van der Waals surface area contributed by atoms with Crippen LogP contribution in [0, 0.1) is 0 Å². The summed E-state index contributed by atoms with van der Waals surface area (Å²) in [6.07, 6.45) is -1.93. The Morgan fingerprint density at radius 2 is 1.83 bits per heavy atom. The maximum atomic E-state index is 12.5. The van der Waals surface area contributed by atoms with Crippen LogP contribution in [0.5, 0.6) is 0 Å². The third-order valence-corrected chi connectivity index (χ3v) is 5.96. The van der Waals surface area contributed by atoms with Crippen LogP contribution in [-0.2, 0) is 20.9 Å². The van der Waals surface area contributed by atoms with Gasteiger partial charge in [-0.2, -0.15) is 13.2 Å². The van der Waals surface area contributed by atoms with Gasteiger partial charge < -0.3 is 10.6 Å². The molecule has 1 atom stereocenters. The fraction of sp³-hybridized carbons (Fsp3) is 0.292. The Kier molecular flexibility index (Phi) is 5.62. The monoisotopic (exact) mass is 483 g/mol. The average molecular weight is 483 g/mol. The molecule has 11 heteroatoms. The van der Waals surface area contributed by atoms with Crippen molar-refractivity contribution in [1.29, 1.82) is 0 Å². The highest BCUT2D eigenvalue weighted by molar-refractivity contribution is 6.07. The van der Waals surface area contributed by atoms with E-state index in [1.807, 2.05) is 24.3 Å². The first-order chi connectivity index (χ1) is 16.7. The van der Waals surface area contributed by atoms with E-state index in [9.17, 15) is 27.6 Å². The van der Waals surface area contributed by atoms with Gasteiger partial charge >= 0.3 is 12.1 Å². The number of carbonyl (C=O) groups excluding carboxylic acids is 3. The highest BCUT2D eigenvalue weighted by Gasteiger charge is 2.45. The second-order valence-corrected chi connectivity index (χ2v) is 8.62. The quantitative estimate of drug-likeness (QED) is 0.522. The number of amides is 3. The Morgan fingerprint density at radius 3 is 2.57 bits per heavy atom. The van der Waals surface area contributed by atoms with Crippen LogP contribution in [0.15, 0.2) is 48.8 Å². The third kappa shape index (κ3) is 4.79. The maximum Gasteiger partial charge on any atom is 0.471 e. The first-order valence-corrected chi connectivity index (χ1v) is 11.0. The average Bonchev–Trinajstić information content (AvgIpc) is 3.61. The largest absolute Gasteiger partial charge is 0.471 e. The molecule has 1 aliphatic heterocycles. The van der Waals surface area contributed by atoms with Crippen LogP contribution >= 0.6 is 0 Å². The van der Waals surface area contributed by atoms with Crippen LogP contribution in [0.4, 0.5) is 19.0 Å². The van der Waals surface area contributed by atoms with E-state index < -0.39 is 36.4 Å². The van der Waals surface area contributed by atoms with Gasteiger partial charge in [-0.15, -0.1) is 0 Å². The van der Waals surface area contributed by atoms with Crippen molar-refractivity contribution < 1.29 is 27.6 Å². The number of anilines is 1. The molecular formula is C24H20F3N5O3. The number of halogens is 3. The molecule has 0 bridgehead atoms. The predicted octanol–water partition coefficient (Wildman–Crippen LogP) is 3.18. The van der Waals surface area contributed by atoms with Crippen LogP contribution < -0.4 is 10.6 Å². The Hall–Kier alpha value is -4.02. The lowest BCUT2D eigenvalue weighted by molar-refractivity contribution is -0.174. The standard InChI is InChI=1S/C24H20F3N5O3/c25-24(26,27)23(35)31-19-10-20(33)32(22(19)34)11-13-2-1-3-14(8-13)15-4-7-18-17(9-15)21(29-12-28-18)30-16-5-6-16/h1-4,7-9,12,16,19H,5-6,10-11H2,(H,31,35)(H,28,29,30). The number of rotatable bonds is 6. The van der Waals surface area contributed by atoms with E-state index in [2.05, 4.69) is 15.3 Å². The Balaban J connectivity index is 1.36. The maximum absolute atomic E-state index is 12.5. The summed E-state index contributed by atoms with van der Waals surface area (Å²) in [5, 5.41) is 5.87. The molecule has 35 heavy (non-hydrogen) atoms. The summed E-state index contributed by atoms with van der Waals surface area (Å²) in [7, 11) is 0. The molecule has 1 aliphatic carbocycles. The van der Waals surface area contributed by atoms with Crippen LogP contribution in [0.3, 0.4) is 0 Å². The van der Waals surface area contributed by atoms with Gasteiger partial charge in [0.1, 0.15) is 18.2 Å². The van der Waals surface area contributed by atoms with Crippen molar-refractivity contribution in [2.24, 2.45) is 0 Å². The summed E-state index contributed by atoms with van der Waals surface area (Å²) < 4.78 is 37.6. The van der Waals surface area contributed by atoms with E-state index in [0.29, 0.717) is 11.6 Å². The molecule has 0 spiro atoms. The minimum atomic E-state index is -5.13. The Bertz CT molecular complexity index is 1340. The normalized spacial score (nSPS) is 18.3. The summed E-state index contributed by atoms with van der Waals surface area (Å²) in [4.78, 5) is 45.6. The minimum Gasteiger partial charge on any atom is -0.367 e. The molecule has 3 amide bonds. The van der Waals surface area contributed by atoms with Gasteiger partial charge in [-0.3, -0.25) is 19.3 Å². The number of aromatic nitrogens is 2. The van der Waals surface area contributed by atoms with Crippen molar-refractivity contribution in [3.8, 4) is 11.1 Å². The van der Waals surface area contributed by atoms with E-state index in [0.717, 1.165) is 45.6 Å². The van der Waals surface area contributed by atoms with Crippen molar-refractivity contribution in [1.82, 2.24) is 20.2 Å². The lowest BCUT2D eigenvalue weighted by atomic mass is 10.0. The van der Waals surface area contributed by atoms with E-state index >= 15 is 0 Å². The van der Waals surface area contributed by atoms with Crippen LogP contribution in [0.25, 0.3) is 22.0 Å². The Labute approximate surface area is 197 Å². The molecule has 2 fully saturated rings. The smallest absolute Gasteiger partial charge is 0.367 e. The highest BCUT2D eigenvalue weighted by atomic mass is 19.4. The van der Waals surface area contributed by atoms with E-state index in [1.165, 1.54) is 6.33 Å². The van der Waals surface area contributed by atoms with Gasteiger partial charge in [0.15, 0.2) is 0 Å². The highest BCUT2D eigenvalue weighted by Crippen LogP contribution is 2.31. The lowest BCUT2D eigenvalue weighted by Crippen LogP contribution is -2.46. The number of imide groups is 1. The summed E-state index contributed by atoms with van der Waals surface area (Å²) >= 11 is 0. The second kappa shape index (κ2) is 8.64. The number of nitrogens with one attached hydrogen (secondary N) is 2. The molecule has 1 aromatic heterocycles. The van der Waals surface area contributed by atoms with Crippen molar-refractivity contribution in [3.05, 3.63) is 54.4 Å². The first-order valence-electron chi connectivity index (χ1n) is 11.0. The molecule has 1 saturated carbocycles. The van der Waals surface area contributed by atoms with E-state index in [4.69, 9.17) is 0 Å². The summed E-state index contributed by atoms with van der Waals surface area (Å²) in [5.74, 6) is -3.00. The number of likely N-dealkylation sites (tertiary alicyclic amines) is 1. The molecule has 2 N–H and O–H groups in total. The molecule has 0 radical (unpaired) electrons. The minimum absolute atomic E-state index is 0.116. The first kappa shape index (κ1) is 22.8. The van der Waals surface area contributed by atoms with E-state index in [-0.39, 0.29) is 6.54 Å². The van der Waals surface area contributed by atoms with Crippen molar-refractivity contribution in [2.45, 2.75) is 44.1 Å². The number of alkyl halides is 3. The van der Waals surface area contributed by atoms with Crippen LogP contribution in [0.2, 0.25) is 0 Å². The zero-order valence-corrected chi connectivity index (χ0v) is 18.3. The van der Waals surface area contributed by atoms with Gasteiger partial charge in [0.05, 0.1) is 18.5 Å². The van der Waals surface area contributed by atoms with Crippen LogP contribution in [-0.4, -0.2) is 50.8 Å².